The molecule has 26 heavy (non-hydrogen) atoms. The van der Waals surface area contributed by atoms with Gasteiger partial charge in [-0.2, -0.15) is 0 Å². The van der Waals surface area contributed by atoms with Gasteiger partial charge in [0.2, 0.25) is 6.41 Å². The first-order valence-corrected chi connectivity index (χ1v) is 8.59. The highest BCUT2D eigenvalue weighted by molar-refractivity contribution is 5.80. The first-order chi connectivity index (χ1) is 12.5. The number of carbonyl (C=O) groups excluding carboxylic acids is 1. The van der Waals surface area contributed by atoms with E-state index >= 15 is 0 Å². The Hall–Kier alpha value is -3.14. The molecule has 0 aliphatic carbocycles. The SMILES string of the molecule is CC(C)(C)c1cccc(NN(C=O)c2ccc(-c3cccnc3)cc2)c1. The molecule has 0 fully saturated rings. The fourth-order valence-corrected chi connectivity index (χ4v) is 2.69. The van der Waals surface area contributed by atoms with E-state index in [-0.39, 0.29) is 5.41 Å². The molecular weight excluding hydrogens is 322 g/mol. The summed E-state index contributed by atoms with van der Waals surface area (Å²) in [5.41, 5.74) is 8.18. The van der Waals surface area contributed by atoms with Gasteiger partial charge in [-0.1, -0.05) is 51.1 Å². The Kier molecular flexibility index (Phi) is 5.03. The minimum Gasteiger partial charge on any atom is -0.292 e. The van der Waals surface area contributed by atoms with Gasteiger partial charge in [-0.25, -0.2) is 5.01 Å². The van der Waals surface area contributed by atoms with Crippen molar-refractivity contribution in [2.75, 3.05) is 10.4 Å². The van der Waals surface area contributed by atoms with E-state index in [1.165, 1.54) is 10.6 Å². The molecule has 4 heteroatoms. The Morgan fingerprint density at radius 3 is 2.35 bits per heavy atom. The van der Waals surface area contributed by atoms with Gasteiger partial charge in [0.1, 0.15) is 0 Å². The Morgan fingerprint density at radius 2 is 1.73 bits per heavy atom. The Morgan fingerprint density at radius 1 is 0.962 bits per heavy atom. The number of amides is 1. The topological polar surface area (TPSA) is 45.2 Å². The number of hydrogen-bond donors (Lipinski definition) is 1. The zero-order chi connectivity index (χ0) is 18.6. The van der Waals surface area contributed by atoms with Gasteiger partial charge in [0.05, 0.1) is 11.4 Å². The van der Waals surface area contributed by atoms with Gasteiger partial charge in [0.25, 0.3) is 0 Å². The predicted molar refractivity (Wildman–Crippen MR) is 107 cm³/mol. The highest BCUT2D eigenvalue weighted by Gasteiger charge is 2.14. The zero-order valence-corrected chi connectivity index (χ0v) is 15.3. The van der Waals surface area contributed by atoms with Crippen LogP contribution in [0.5, 0.6) is 0 Å². The zero-order valence-electron chi connectivity index (χ0n) is 15.3. The molecule has 1 aromatic heterocycles. The van der Waals surface area contributed by atoms with Gasteiger partial charge in [0, 0.05) is 12.4 Å². The number of rotatable bonds is 5. The van der Waals surface area contributed by atoms with Crippen LogP contribution >= 0.6 is 0 Å². The number of carbonyl (C=O) groups is 1. The Balaban J connectivity index is 1.80. The molecule has 1 heterocycles. The van der Waals surface area contributed by atoms with E-state index in [0.717, 1.165) is 28.9 Å². The van der Waals surface area contributed by atoms with Crippen molar-refractivity contribution in [3.05, 3.63) is 78.6 Å². The van der Waals surface area contributed by atoms with Crippen molar-refractivity contribution in [3.8, 4) is 11.1 Å². The molecule has 1 amide bonds. The molecule has 1 N–H and O–H groups in total. The lowest BCUT2D eigenvalue weighted by Crippen LogP contribution is -2.28. The summed E-state index contributed by atoms with van der Waals surface area (Å²) in [5.74, 6) is 0. The molecule has 0 atom stereocenters. The molecule has 3 aromatic rings. The lowest BCUT2D eigenvalue weighted by molar-refractivity contribution is -0.107. The monoisotopic (exact) mass is 345 g/mol. The van der Waals surface area contributed by atoms with Crippen molar-refractivity contribution >= 4 is 17.8 Å². The third-order valence-corrected chi connectivity index (χ3v) is 4.22. The minimum absolute atomic E-state index is 0.0507. The van der Waals surface area contributed by atoms with Crippen molar-refractivity contribution in [1.29, 1.82) is 0 Å². The molecule has 132 valence electrons. The Bertz CT molecular complexity index is 868. The maximum absolute atomic E-state index is 11.6. The van der Waals surface area contributed by atoms with Crippen LogP contribution in [0.15, 0.2) is 73.1 Å². The fraction of sp³-hybridized carbons (Fsp3) is 0.182. The summed E-state index contributed by atoms with van der Waals surface area (Å²) in [6.07, 6.45) is 4.35. The van der Waals surface area contributed by atoms with E-state index in [1.54, 1.807) is 6.20 Å². The van der Waals surface area contributed by atoms with E-state index in [9.17, 15) is 4.79 Å². The molecule has 0 saturated carbocycles. The first kappa shape index (κ1) is 17.7. The predicted octanol–water partition coefficient (Wildman–Crippen LogP) is 5.04. The lowest BCUT2D eigenvalue weighted by Gasteiger charge is -2.23. The van der Waals surface area contributed by atoms with Crippen molar-refractivity contribution in [3.63, 3.8) is 0 Å². The summed E-state index contributed by atoms with van der Waals surface area (Å²) in [5, 5.41) is 1.48. The average Bonchev–Trinajstić information content (AvgIpc) is 2.66. The van der Waals surface area contributed by atoms with E-state index in [4.69, 9.17) is 0 Å². The quantitative estimate of drug-likeness (QED) is 0.521. The number of aromatic nitrogens is 1. The molecular formula is C22H23N3O. The summed E-state index contributed by atoms with van der Waals surface area (Å²) in [7, 11) is 0. The van der Waals surface area contributed by atoms with Gasteiger partial charge >= 0.3 is 0 Å². The number of benzene rings is 2. The Labute approximate surface area is 154 Å². The van der Waals surface area contributed by atoms with Crippen LogP contribution in [0.2, 0.25) is 0 Å². The van der Waals surface area contributed by atoms with Crippen molar-refractivity contribution in [2.45, 2.75) is 26.2 Å². The second-order valence-electron chi connectivity index (χ2n) is 7.21. The van der Waals surface area contributed by atoms with E-state index in [0.29, 0.717) is 0 Å². The average molecular weight is 345 g/mol. The second kappa shape index (κ2) is 7.40. The standard InChI is InChI=1S/C22H23N3O/c1-22(2,3)19-7-4-8-20(14-19)24-25(16-26)21-11-9-17(10-12-21)18-6-5-13-23-15-18/h4-16,24H,1-3H3. The summed E-state index contributed by atoms with van der Waals surface area (Å²) < 4.78 is 0. The van der Waals surface area contributed by atoms with Crippen LogP contribution in [-0.4, -0.2) is 11.4 Å². The number of anilines is 2. The van der Waals surface area contributed by atoms with Gasteiger partial charge in [-0.3, -0.25) is 15.2 Å². The molecule has 3 rings (SSSR count). The fourth-order valence-electron chi connectivity index (χ4n) is 2.69. The number of nitrogens with one attached hydrogen (secondary N) is 1. The summed E-state index contributed by atoms with van der Waals surface area (Å²) in [6.45, 7) is 6.50. The number of hydrazine groups is 1. The molecule has 4 nitrogen and oxygen atoms in total. The van der Waals surface area contributed by atoms with Gasteiger partial charge in [-0.15, -0.1) is 0 Å². The van der Waals surface area contributed by atoms with Crippen molar-refractivity contribution in [2.24, 2.45) is 0 Å². The maximum atomic E-state index is 11.6. The second-order valence-corrected chi connectivity index (χ2v) is 7.21. The molecule has 0 aliphatic heterocycles. The van der Waals surface area contributed by atoms with E-state index < -0.39 is 0 Å². The smallest absolute Gasteiger partial charge is 0.232 e. The number of pyridine rings is 1. The van der Waals surface area contributed by atoms with E-state index in [2.05, 4.69) is 43.3 Å². The van der Waals surface area contributed by atoms with Gasteiger partial charge in [-0.05, 0) is 52.4 Å². The third-order valence-electron chi connectivity index (χ3n) is 4.22. The summed E-state index contributed by atoms with van der Waals surface area (Å²) in [6, 6.07) is 19.8. The van der Waals surface area contributed by atoms with E-state index in [1.807, 2.05) is 54.7 Å². The van der Waals surface area contributed by atoms with Crippen LogP contribution in [0.25, 0.3) is 11.1 Å². The maximum Gasteiger partial charge on any atom is 0.232 e. The molecule has 0 radical (unpaired) electrons. The van der Waals surface area contributed by atoms with Crippen LogP contribution in [0.4, 0.5) is 11.4 Å². The normalized spacial score (nSPS) is 11.0. The highest BCUT2D eigenvalue weighted by Crippen LogP contribution is 2.26. The number of hydrogen-bond acceptors (Lipinski definition) is 3. The summed E-state index contributed by atoms with van der Waals surface area (Å²) >= 11 is 0. The van der Waals surface area contributed by atoms with Crippen LogP contribution in [-0.2, 0) is 10.2 Å². The minimum atomic E-state index is 0.0507. The van der Waals surface area contributed by atoms with Crippen LogP contribution in [0.1, 0.15) is 26.3 Å². The number of nitrogens with zero attached hydrogens (tertiary/aromatic N) is 2. The van der Waals surface area contributed by atoms with Crippen LogP contribution < -0.4 is 10.4 Å². The lowest BCUT2D eigenvalue weighted by atomic mass is 9.87. The van der Waals surface area contributed by atoms with Crippen LogP contribution in [0, 0.1) is 0 Å². The van der Waals surface area contributed by atoms with Crippen molar-refractivity contribution in [1.82, 2.24) is 4.98 Å². The molecule has 0 spiro atoms. The summed E-state index contributed by atoms with van der Waals surface area (Å²) in [4.78, 5) is 15.7. The molecule has 0 unspecified atom stereocenters. The van der Waals surface area contributed by atoms with Crippen molar-refractivity contribution < 1.29 is 4.79 Å². The first-order valence-electron chi connectivity index (χ1n) is 8.59. The molecule has 0 saturated heterocycles. The third kappa shape index (κ3) is 4.09. The highest BCUT2D eigenvalue weighted by atomic mass is 16.1. The molecule has 2 aromatic carbocycles. The van der Waals surface area contributed by atoms with Crippen LogP contribution in [0.3, 0.4) is 0 Å². The van der Waals surface area contributed by atoms with Gasteiger partial charge in [0.15, 0.2) is 0 Å². The molecule has 0 aliphatic rings. The molecule has 0 bridgehead atoms. The van der Waals surface area contributed by atoms with Gasteiger partial charge < -0.3 is 0 Å². The largest absolute Gasteiger partial charge is 0.292 e.